The van der Waals surface area contributed by atoms with Gasteiger partial charge in [-0.15, -0.1) is 0 Å². The van der Waals surface area contributed by atoms with Crippen LogP contribution in [0.3, 0.4) is 0 Å². The highest BCUT2D eigenvalue weighted by atomic mass is 16.3. The Kier molecular flexibility index (Phi) is 2.99. The van der Waals surface area contributed by atoms with Crippen LogP contribution in [-0.2, 0) is 6.54 Å². The van der Waals surface area contributed by atoms with Gasteiger partial charge in [0.15, 0.2) is 0 Å². The SMILES string of the molecule is Cc1ccnc(N2CC3CCC(O)C3C2)c1CN. The normalized spacial score (nSPS) is 30.8. The van der Waals surface area contributed by atoms with Gasteiger partial charge in [0.1, 0.15) is 5.82 Å². The van der Waals surface area contributed by atoms with Crippen LogP contribution in [-0.4, -0.2) is 29.3 Å². The van der Waals surface area contributed by atoms with Crippen LogP contribution in [0.15, 0.2) is 12.3 Å². The molecular formula is C14H21N3O. The van der Waals surface area contributed by atoms with Gasteiger partial charge in [0.25, 0.3) is 0 Å². The number of hydrogen-bond donors (Lipinski definition) is 2. The maximum absolute atomic E-state index is 9.97. The summed E-state index contributed by atoms with van der Waals surface area (Å²) in [4.78, 5) is 6.82. The quantitative estimate of drug-likeness (QED) is 0.820. The summed E-state index contributed by atoms with van der Waals surface area (Å²) in [5.41, 5.74) is 8.20. The first-order valence-electron chi connectivity index (χ1n) is 6.78. The lowest BCUT2D eigenvalue weighted by Gasteiger charge is -2.22. The molecule has 1 aromatic heterocycles. The fourth-order valence-electron chi connectivity index (χ4n) is 3.51. The number of hydrogen-bond acceptors (Lipinski definition) is 4. The summed E-state index contributed by atoms with van der Waals surface area (Å²) >= 11 is 0. The van der Waals surface area contributed by atoms with E-state index in [1.165, 1.54) is 5.56 Å². The molecule has 0 aromatic carbocycles. The minimum absolute atomic E-state index is 0.119. The summed E-state index contributed by atoms with van der Waals surface area (Å²) in [6.45, 7) is 4.56. The Morgan fingerprint density at radius 3 is 3.00 bits per heavy atom. The average molecular weight is 247 g/mol. The molecule has 2 aliphatic rings. The second-order valence-electron chi connectivity index (χ2n) is 5.61. The lowest BCUT2D eigenvalue weighted by Crippen LogP contribution is -2.26. The van der Waals surface area contributed by atoms with Crippen molar-refractivity contribution >= 4 is 5.82 Å². The van der Waals surface area contributed by atoms with Crippen molar-refractivity contribution in [3.8, 4) is 0 Å². The summed E-state index contributed by atoms with van der Waals surface area (Å²) in [6, 6.07) is 2.01. The smallest absolute Gasteiger partial charge is 0.133 e. The third kappa shape index (κ3) is 1.80. The van der Waals surface area contributed by atoms with Crippen LogP contribution in [0.2, 0.25) is 0 Å². The van der Waals surface area contributed by atoms with E-state index in [2.05, 4.69) is 16.8 Å². The van der Waals surface area contributed by atoms with E-state index in [0.29, 0.717) is 18.4 Å². The van der Waals surface area contributed by atoms with Crippen LogP contribution in [0.1, 0.15) is 24.0 Å². The molecule has 0 spiro atoms. The number of fused-ring (bicyclic) bond motifs is 1. The van der Waals surface area contributed by atoms with E-state index < -0.39 is 0 Å². The number of pyridine rings is 1. The third-order valence-corrected chi connectivity index (χ3v) is 4.59. The van der Waals surface area contributed by atoms with Gasteiger partial charge in [-0.1, -0.05) is 0 Å². The fraction of sp³-hybridized carbons (Fsp3) is 0.643. The van der Waals surface area contributed by atoms with Gasteiger partial charge in [-0.05, 0) is 37.3 Å². The highest BCUT2D eigenvalue weighted by Crippen LogP contribution is 2.40. The lowest BCUT2D eigenvalue weighted by atomic mass is 10.00. The van der Waals surface area contributed by atoms with Gasteiger partial charge in [-0.25, -0.2) is 4.98 Å². The molecule has 0 amide bonds. The van der Waals surface area contributed by atoms with Gasteiger partial charge < -0.3 is 15.7 Å². The van der Waals surface area contributed by atoms with Crippen molar-refractivity contribution in [3.05, 3.63) is 23.4 Å². The number of nitrogens with two attached hydrogens (primary N) is 1. The second kappa shape index (κ2) is 4.52. The third-order valence-electron chi connectivity index (χ3n) is 4.59. The zero-order valence-corrected chi connectivity index (χ0v) is 10.8. The van der Waals surface area contributed by atoms with Gasteiger partial charge in [0, 0.05) is 37.3 Å². The van der Waals surface area contributed by atoms with Crippen LogP contribution in [0, 0.1) is 18.8 Å². The van der Waals surface area contributed by atoms with Gasteiger partial charge in [0.2, 0.25) is 0 Å². The number of anilines is 1. The van der Waals surface area contributed by atoms with E-state index in [0.717, 1.165) is 37.3 Å². The average Bonchev–Trinajstić information content (AvgIpc) is 2.92. The van der Waals surface area contributed by atoms with Crippen molar-refractivity contribution < 1.29 is 5.11 Å². The Labute approximate surface area is 108 Å². The molecule has 3 atom stereocenters. The number of aliphatic hydroxyl groups is 1. The van der Waals surface area contributed by atoms with Crippen LogP contribution < -0.4 is 10.6 Å². The fourth-order valence-corrected chi connectivity index (χ4v) is 3.51. The maximum atomic E-state index is 9.97. The van der Waals surface area contributed by atoms with Gasteiger partial charge in [-0.2, -0.15) is 0 Å². The molecule has 4 heteroatoms. The molecule has 98 valence electrons. The summed E-state index contributed by atoms with van der Waals surface area (Å²) in [5, 5.41) is 9.97. The van der Waals surface area contributed by atoms with Crippen molar-refractivity contribution in [1.82, 2.24) is 4.98 Å². The standard InChI is InChI=1S/C14H21N3O/c1-9-4-5-16-14(11(9)6-15)17-7-10-2-3-13(18)12(10)8-17/h4-5,10,12-13,18H,2-3,6-8,15H2,1H3. The Balaban J connectivity index is 1.87. The molecule has 3 N–H and O–H groups in total. The number of rotatable bonds is 2. The van der Waals surface area contributed by atoms with E-state index in [9.17, 15) is 5.11 Å². The monoisotopic (exact) mass is 247 g/mol. The first kappa shape index (κ1) is 11.9. The topological polar surface area (TPSA) is 62.4 Å². The minimum atomic E-state index is -0.119. The van der Waals surface area contributed by atoms with Crippen LogP contribution in [0.25, 0.3) is 0 Å². The van der Waals surface area contributed by atoms with E-state index in [4.69, 9.17) is 5.73 Å². The van der Waals surface area contributed by atoms with Gasteiger partial charge in [-0.3, -0.25) is 0 Å². The molecule has 2 fully saturated rings. The lowest BCUT2D eigenvalue weighted by molar-refractivity contribution is 0.133. The first-order valence-corrected chi connectivity index (χ1v) is 6.78. The van der Waals surface area contributed by atoms with Crippen LogP contribution in [0.4, 0.5) is 5.82 Å². The molecule has 4 nitrogen and oxygen atoms in total. The Hall–Kier alpha value is -1.13. The number of aromatic nitrogens is 1. The predicted molar refractivity (Wildman–Crippen MR) is 71.3 cm³/mol. The molecule has 3 rings (SSSR count). The van der Waals surface area contributed by atoms with Crippen molar-refractivity contribution in [2.45, 2.75) is 32.4 Å². The minimum Gasteiger partial charge on any atom is -0.393 e. The second-order valence-corrected chi connectivity index (χ2v) is 5.61. The van der Waals surface area contributed by atoms with E-state index in [-0.39, 0.29) is 6.10 Å². The largest absolute Gasteiger partial charge is 0.393 e. The highest BCUT2D eigenvalue weighted by Gasteiger charge is 2.42. The Bertz CT molecular complexity index is 449. The molecule has 1 aliphatic heterocycles. The molecule has 1 saturated heterocycles. The molecule has 0 radical (unpaired) electrons. The van der Waals surface area contributed by atoms with Crippen molar-refractivity contribution in [2.75, 3.05) is 18.0 Å². The number of nitrogens with zero attached hydrogens (tertiary/aromatic N) is 2. The van der Waals surface area contributed by atoms with E-state index >= 15 is 0 Å². The van der Waals surface area contributed by atoms with Crippen molar-refractivity contribution in [2.24, 2.45) is 17.6 Å². The van der Waals surface area contributed by atoms with Gasteiger partial charge in [0.05, 0.1) is 6.10 Å². The van der Waals surface area contributed by atoms with Crippen LogP contribution in [0.5, 0.6) is 0 Å². The number of aliphatic hydroxyl groups excluding tert-OH is 1. The predicted octanol–water partition coefficient (Wildman–Crippen LogP) is 1.06. The Morgan fingerprint density at radius 2 is 2.28 bits per heavy atom. The van der Waals surface area contributed by atoms with Crippen molar-refractivity contribution in [3.63, 3.8) is 0 Å². The summed E-state index contributed by atoms with van der Waals surface area (Å²) in [7, 11) is 0. The molecule has 2 heterocycles. The highest BCUT2D eigenvalue weighted by molar-refractivity contribution is 5.51. The molecule has 1 saturated carbocycles. The summed E-state index contributed by atoms with van der Waals surface area (Å²) in [5.74, 6) is 2.09. The molecule has 0 bridgehead atoms. The zero-order valence-electron chi connectivity index (χ0n) is 10.8. The maximum Gasteiger partial charge on any atom is 0.133 e. The molecule has 3 unspecified atom stereocenters. The molecule has 18 heavy (non-hydrogen) atoms. The number of aryl methyl sites for hydroxylation is 1. The molecule has 1 aliphatic carbocycles. The van der Waals surface area contributed by atoms with Gasteiger partial charge >= 0.3 is 0 Å². The first-order chi connectivity index (χ1) is 8.70. The summed E-state index contributed by atoms with van der Waals surface area (Å²) < 4.78 is 0. The molecule has 1 aromatic rings. The summed E-state index contributed by atoms with van der Waals surface area (Å²) in [6.07, 6.45) is 3.85. The van der Waals surface area contributed by atoms with Crippen LogP contribution >= 0.6 is 0 Å². The Morgan fingerprint density at radius 1 is 1.44 bits per heavy atom. The van der Waals surface area contributed by atoms with E-state index in [1.807, 2.05) is 12.3 Å². The molecular weight excluding hydrogens is 226 g/mol. The van der Waals surface area contributed by atoms with Crippen molar-refractivity contribution in [1.29, 1.82) is 0 Å². The zero-order chi connectivity index (χ0) is 12.7. The van der Waals surface area contributed by atoms with E-state index in [1.54, 1.807) is 0 Å².